The van der Waals surface area contributed by atoms with E-state index in [1.54, 1.807) is 18.2 Å². The molecular weight excluding hydrogens is 301 g/mol. The Bertz CT molecular complexity index is 529. The lowest BCUT2D eigenvalue weighted by Crippen LogP contribution is -2.01. The van der Waals surface area contributed by atoms with E-state index < -0.39 is 6.10 Å². The molecule has 17 heavy (non-hydrogen) atoms. The van der Waals surface area contributed by atoms with Crippen molar-refractivity contribution in [1.82, 2.24) is 4.98 Å². The van der Waals surface area contributed by atoms with E-state index in [-0.39, 0.29) is 0 Å². The molecule has 0 radical (unpaired) electrons. The van der Waals surface area contributed by atoms with Crippen LogP contribution in [0.15, 0.2) is 24.4 Å². The van der Waals surface area contributed by atoms with E-state index in [2.05, 4.69) is 4.98 Å². The SMILES string of the molecule is OC(Cc1cc(Cl)ccc1Cl)c1ncc(Cl)s1. The van der Waals surface area contributed by atoms with Crippen molar-refractivity contribution in [2.45, 2.75) is 12.5 Å². The number of aromatic nitrogens is 1. The van der Waals surface area contributed by atoms with E-state index in [0.29, 0.717) is 25.8 Å². The van der Waals surface area contributed by atoms with Crippen LogP contribution < -0.4 is 0 Å². The fourth-order valence-corrected chi connectivity index (χ4v) is 2.72. The number of hydrogen-bond donors (Lipinski definition) is 1. The quantitative estimate of drug-likeness (QED) is 0.913. The van der Waals surface area contributed by atoms with E-state index in [4.69, 9.17) is 34.8 Å². The van der Waals surface area contributed by atoms with Crippen LogP contribution in [0.3, 0.4) is 0 Å². The van der Waals surface area contributed by atoms with Crippen LogP contribution in [-0.2, 0) is 6.42 Å². The minimum absolute atomic E-state index is 0.364. The molecule has 0 fully saturated rings. The second-order valence-electron chi connectivity index (χ2n) is 3.46. The molecule has 90 valence electrons. The van der Waals surface area contributed by atoms with Crippen molar-refractivity contribution in [2.24, 2.45) is 0 Å². The van der Waals surface area contributed by atoms with Crippen LogP contribution in [0.25, 0.3) is 0 Å². The van der Waals surface area contributed by atoms with Crippen molar-refractivity contribution in [3.8, 4) is 0 Å². The van der Waals surface area contributed by atoms with Gasteiger partial charge < -0.3 is 5.11 Å². The van der Waals surface area contributed by atoms with Crippen molar-refractivity contribution in [1.29, 1.82) is 0 Å². The van der Waals surface area contributed by atoms with E-state index in [1.165, 1.54) is 17.5 Å². The van der Waals surface area contributed by atoms with Gasteiger partial charge in [0.1, 0.15) is 15.4 Å². The fraction of sp³-hybridized carbons (Fsp3) is 0.182. The molecule has 1 unspecified atom stereocenters. The van der Waals surface area contributed by atoms with E-state index in [9.17, 15) is 5.11 Å². The van der Waals surface area contributed by atoms with E-state index in [0.717, 1.165) is 5.56 Å². The van der Waals surface area contributed by atoms with Gasteiger partial charge in [-0.25, -0.2) is 4.98 Å². The van der Waals surface area contributed by atoms with Gasteiger partial charge in [0.05, 0.1) is 6.20 Å². The molecule has 1 N–H and O–H groups in total. The minimum atomic E-state index is -0.719. The largest absolute Gasteiger partial charge is 0.386 e. The summed E-state index contributed by atoms with van der Waals surface area (Å²) < 4.78 is 0.552. The van der Waals surface area contributed by atoms with Gasteiger partial charge in [-0.2, -0.15) is 0 Å². The number of aliphatic hydroxyl groups excluding tert-OH is 1. The molecule has 1 aromatic carbocycles. The van der Waals surface area contributed by atoms with Crippen molar-refractivity contribution in [3.05, 3.63) is 49.3 Å². The Kier molecular flexibility index (Phi) is 4.28. The Balaban J connectivity index is 2.18. The monoisotopic (exact) mass is 307 g/mol. The number of rotatable bonds is 3. The van der Waals surface area contributed by atoms with Crippen molar-refractivity contribution in [2.75, 3.05) is 0 Å². The fourth-order valence-electron chi connectivity index (χ4n) is 1.42. The average Bonchev–Trinajstić information content (AvgIpc) is 2.70. The zero-order chi connectivity index (χ0) is 12.4. The molecule has 0 aliphatic heterocycles. The molecule has 0 saturated carbocycles. The summed E-state index contributed by atoms with van der Waals surface area (Å²) in [6, 6.07) is 5.16. The molecule has 0 aliphatic rings. The van der Waals surface area contributed by atoms with Gasteiger partial charge in [-0.3, -0.25) is 0 Å². The average molecular weight is 309 g/mol. The molecule has 2 nitrogen and oxygen atoms in total. The number of hydrogen-bond acceptors (Lipinski definition) is 3. The number of nitrogens with zero attached hydrogens (tertiary/aromatic N) is 1. The summed E-state index contributed by atoms with van der Waals surface area (Å²) in [7, 11) is 0. The molecule has 1 heterocycles. The van der Waals surface area contributed by atoms with Gasteiger partial charge in [0.2, 0.25) is 0 Å². The first-order chi connectivity index (χ1) is 8.06. The Morgan fingerprint density at radius 2 is 2.06 bits per heavy atom. The maximum atomic E-state index is 9.99. The number of benzene rings is 1. The lowest BCUT2D eigenvalue weighted by molar-refractivity contribution is 0.178. The van der Waals surface area contributed by atoms with Gasteiger partial charge in [0.25, 0.3) is 0 Å². The molecule has 0 amide bonds. The van der Waals surface area contributed by atoms with Crippen molar-refractivity contribution in [3.63, 3.8) is 0 Å². The smallest absolute Gasteiger partial charge is 0.123 e. The van der Waals surface area contributed by atoms with Crippen LogP contribution in [-0.4, -0.2) is 10.1 Å². The molecule has 2 aromatic rings. The van der Waals surface area contributed by atoms with Crippen LogP contribution in [0.2, 0.25) is 14.4 Å². The van der Waals surface area contributed by atoms with Crippen LogP contribution in [0.4, 0.5) is 0 Å². The molecule has 1 aromatic heterocycles. The minimum Gasteiger partial charge on any atom is -0.386 e. The molecule has 0 saturated heterocycles. The highest BCUT2D eigenvalue weighted by atomic mass is 35.5. The van der Waals surface area contributed by atoms with Gasteiger partial charge in [-0.15, -0.1) is 11.3 Å². The lowest BCUT2D eigenvalue weighted by atomic mass is 10.1. The molecule has 6 heteroatoms. The van der Waals surface area contributed by atoms with Crippen LogP contribution in [0.5, 0.6) is 0 Å². The van der Waals surface area contributed by atoms with Gasteiger partial charge in [-0.05, 0) is 23.8 Å². The number of thiazole rings is 1. The first-order valence-electron chi connectivity index (χ1n) is 4.79. The second kappa shape index (κ2) is 5.55. The highest BCUT2D eigenvalue weighted by Gasteiger charge is 2.14. The first kappa shape index (κ1) is 13.1. The summed E-state index contributed by atoms with van der Waals surface area (Å²) in [6.07, 6.45) is 1.16. The summed E-state index contributed by atoms with van der Waals surface area (Å²) in [4.78, 5) is 4.02. The molecule has 2 rings (SSSR count). The molecular formula is C11H8Cl3NOS. The maximum Gasteiger partial charge on any atom is 0.123 e. The third-order valence-electron chi connectivity index (χ3n) is 2.20. The standard InChI is InChI=1S/C11H8Cl3NOS/c12-7-1-2-8(13)6(3-7)4-9(16)11-15-5-10(14)17-11/h1-3,5,9,16H,4H2. The second-order valence-corrected chi connectivity index (χ2v) is 6.00. The molecule has 0 spiro atoms. The Labute approximate surface area is 118 Å². The van der Waals surface area contributed by atoms with Crippen molar-refractivity contribution >= 4 is 46.1 Å². The molecule has 1 atom stereocenters. The van der Waals surface area contributed by atoms with Crippen LogP contribution in [0.1, 0.15) is 16.7 Å². The third-order valence-corrected chi connectivity index (χ3v) is 4.02. The van der Waals surface area contributed by atoms with E-state index in [1.807, 2.05) is 0 Å². The van der Waals surface area contributed by atoms with Gasteiger partial charge >= 0.3 is 0 Å². The predicted octanol–water partition coefficient (Wildman–Crippen LogP) is 4.38. The Morgan fingerprint density at radius 1 is 1.29 bits per heavy atom. The highest BCUT2D eigenvalue weighted by Crippen LogP contribution is 2.29. The maximum absolute atomic E-state index is 9.99. The van der Waals surface area contributed by atoms with Gasteiger partial charge in [0, 0.05) is 16.5 Å². The van der Waals surface area contributed by atoms with Crippen molar-refractivity contribution < 1.29 is 5.11 Å². The van der Waals surface area contributed by atoms with Gasteiger partial charge in [0.15, 0.2) is 0 Å². The molecule has 0 bridgehead atoms. The summed E-state index contributed by atoms with van der Waals surface area (Å²) in [5.41, 5.74) is 0.790. The number of aliphatic hydroxyl groups is 1. The summed E-state index contributed by atoms with van der Waals surface area (Å²) >= 11 is 18.9. The first-order valence-corrected chi connectivity index (χ1v) is 6.74. The lowest BCUT2D eigenvalue weighted by Gasteiger charge is -2.09. The summed E-state index contributed by atoms with van der Waals surface area (Å²) in [6.45, 7) is 0. The highest BCUT2D eigenvalue weighted by molar-refractivity contribution is 7.15. The molecule has 0 aliphatic carbocycles. The van der Waals surface area contributed by atoms with Crippen LogP contribution >= 0.6 is 46.1 Å². The normalized spacial score (nSPS) is 12.7. The zero-order valence-corrected chi connectivity index (χ0v) is 11.6. The Morgan fingerprint density at radius 3 is 2.71 bits per heavy atom. The summed E-state index contributed by atoms with van der Waals surface area (Å²) in [5.74, 6) is 0. The topological polar surface area (TPSA) is 33.1 Å². The zero-order valence-electron chi connectivity index (χ0n) is 8.53. The summed E-state index contributed by atoms with van der Waals surface area (Å²) in [5, 5.41) is 11.7. The van der Waals surface area contributed by atoms with Gasteiger partial charge in [-0.1, -0.05) is 34.8 Å². The Hall–Kier alpha value is -0.320. The third kappa shape index (κ3) is 3.33. The van der Waals surface area contributed by atoms with E-state index >= 15 is 0 Å². The predicted molar refractivity (Wildman–Crippen MR) is 72.2 cm³/mol. The number of halogens is 3. The van der Waals surface area contributed by atoms with Crippen LogP contribution in [0, 0.1) is 0 Å².